The lowest BCUT2D eigenvalue weighted by Gasteiger charge is -2.28. The molecule has 1 aromatic carbocycles. The van der Waals surface area contributed by atoms with Crippen molar-refractivity contribution in [1.82, 2.24) is 29.9 Å². The second kappa shape index (κ2) is 9.15. The van der Waals surface area contributed by atoms with Gasteiger partial charge in [-0.3, -0.25) is 4.79 Å². The molecule has 1 atom stereocenters. The normalized spacial score (nSPS) is 12.5. The van der Waals surface area contributed by atoms with Crippen molar-refractivity contribution < 1.29 is 18.3 Å². The maximum atomic E-state index is 13.3. The van der Waals surface area contributed by atoms with E-state index in [4.69, 9.17) is 4.74 Å². The van der Waals surface area contributed by atoms with E-state index in [0.29, 0.717) is 17.8 Å². The number of ether oxygens (including phenoxy) is 1. The molecule has 10 heteroatoms. The van der Waals surface area contributed by atoms with E-state index in [1.807, 2.05) is 32.9 Å². The molecule has 3 rings (SSSR count). The minimum absolute atomic E-state index is 0.0275. The van der Waals surface area contributed by atoms with Crippen LogP contribution in [0.25, 0.3) is 5.69 Å². The average Bonchev–Trinajstić information content (AvgIpc) is 3.26. The highest BCUT2D eigenvalue weighted by Gasteiger charge is 2.26. The molecule has 0 spiro atoms. The second-order valence-corrected chi connectivity index (χ2v) is 7.18. The molecule has 1 amide bonds. The van der Waals surface area contributed by atoms with Gasteiger partial charge in [-0.1, -0.05) is 12.1 Å². The number of alkyl halides is 2. The first kappa shape index (κ1) is 22.3. The first-order valence-electron chi connectivity index (χ1n) is 9.82. The Morgan fingerprint density at radius 2 is 1.87 bits per heavy atom. The van der Waals surface area contributed by atoms with E-state index in [2.05, 4.69) is 20.2 Å². The summed E-state index contributed by atoms with van der Waals surface area (Å²) in [6.07, 6.45) is 5.17. The Morgan fingerprint density at radius 3 is 2.45 bits per heavy atom. The van der Waals surface area contributed by atoms with E-state index in [1.165, 1.54) is 4.80 Å². The number of rotatable bonds is 8. The van der Waals surface area contributed by atoms with Crippen LogP contribution in [0.5, 0.6) is 6.01 Å². The maximum absolute atomic E-state index is 13.3. The zero-order valence-electron chi connectivity index (χ0n) is 17.8. The minimum atomic E-state index is -3.02. The van der Waals surface area contributed by atoms with Gasteiger partial charge in [0.05, 0.1) is 29.6 Å². The molecule has 0 aliphatic heterocycles. The van der Waals surface area contributed by atoms with E-state index in [1.54, 1.807) is 23.4 Å². The minimum Gasteiger partial charge on any atom is -0.461 e. The van der Waals surface area contributed by atoms with Gasteiger partial charge in [0.1, 0.15) is 12.3 Å². The van der Waals surface area contributed by atoms with Gasteiger partial charge in [0.2, 0.25) is 0 Å². The predicted molar refractivity (Wildman–Crippen MR) is 109 cm³/mol. The lowest BCUT2D eigenvalue weighted by Crippen LogP contribution is -2.42. The smallest absolute Gasteiger partial charge is 0.316 e. The van der Waals surface area contributed by atoms with Gasteiger partial charge in [-0.15, -0.1) is 0 Å². The largest absolute Gasteiger partial charge is 0.461 e. The lowest BCUT2D eigenvalue weighted by molar-refractivity contribution is 0.0165. The van der Waals surface area contributed by atoms with Crippen molar-refractivity contribution in [3.05, 3.63) is 59.7 Å². The highest BCUT2D eigenvalue weighted by molar-refractivity contribution is 5.98. The highest BCUT2D eigenvalue weighted by Crippen LogP contribution is 2.26. The van der Waals surface area contributed by atoms with Gasteiger partial charge >= 0.3 is 6.01 Å². The molecule has 2 aromatic heterocycles. The molecule has 0 radical (unpaired) electrons. The Labute approximate surface area is 178 Å². The number of halogens is 2. The van der Waals surface area contributed by atoms with Gasteiger partial charge in [0.25, 0.3) is 11.8 Å². The summed E-state index contributed by atoms with van der Waals surface area (Å²) in [6.45, 7) is 6.90. The van der Waals surface area contributed by atoms with Gasteiger partial charge in [-0.05, 0) is 32.4 Å². The molecule has 0 saturated heterocycles. The molecule has 31 heavy (non-hydrogen) atoms. The van der Waals surface area contributed by atoms with Gasteiger partial charge in [-0.25, -0.2) is 18.7 Å². The molecule has 0 aliphatic carbocycles. The third kappa shape index (κ3) is 5.01. The Bertz CT molecular complexity index is 1020. The van der Waals surface area contributed by atoms with Crippen molar-refractivity contribution in [2.75, 3.05) is 13.2 Å². The first-order chi connectivity index (χ1) is 14.7. The summed E-state index contributed by atoms with van der Waals surface area (Å²) in [4.78, 5) is 24.1. The quantitative estimate of drug-likeness (QED) is 0.544. The Balaban J connectivity index is 1.75. The van der Waals surface area contributed by atoms with Gasteiger partial charge in [0, 0.05) is 25.9 Å². The van der Waals surface area contributed by atoms with Gasteiger partial charge < -0.3 is 9.64 Å². The van der Waals surface area contributed by atoms with Gasteiger partial charge in [-0.2, -0.15) is 15.0 Å². The molecular weight excluding hydrogens is 406 g/mol. The fourth-order valence-electron chi connectivity index (χ4n) is 3.14. The van der Waals surface area contributed by atoms with Crippen LogP contribution >= 0.6 is 0 Å². The van der Waals surface area contributed by atoms with E-state index in [9.17, 15) is 13.6 Å². The molecule has 0 N–H and O–H groups in total. The van der Waals surface area contributed by atoms with Crippen molar-refractivity contribution in [2.45, 2.75) is 39.7 Å². The number of likely N-dealkylation sites (N-methyl/N-ethyl adjacent to an activating group) is 1. The summed E-state index contributed by atoms with van der Waals surface area (Å²) < 4.78 is 32.1. The number of benzene rings is 1. The standard InChI is InChI=1S/C21H24F2N6O2/c1-5-28(15(3)13-31-20-24-11-16(12-25-20)21(4,22)23)19(30)17-8-6-7-14(2)18(17)29-26-9-10-27-29/h6-12,15H,5,13H2,1-4H3/t15-/m0/s1. The van der Waals surface area contributed by atoms with Crippen LogP contribution in [0.4, 0.5) is 8.78 Å². The third-order valence-corrected chi connectivity index (χ3v) is 4.81. The number of hydrogen-bond acceptors (Lipinski definition) is 6. The van der Waals surface area contributed by atoms with Crippen LogP contribution in [0.15, 0.2) is 43.0 Å². The summed E-state index contributed by atoms with van der Waals surface area (Å²) in [5, 5.41) is 8.32. The molecule has 2 heterocycles. The fourth-order valence-corrected chi connectivity index (χ4v) is 3.14. The topological polar surface area (TPSA) is 86.0 Å². The van der Waals surface area contributed by atoms with Crippen molar-refractivity contribution in [3.8, 4) is 11.7 Å². The summed E-state index contributed by atoms with van der Waals surface area (Å²) in [7, 11) is 0. The zero-order chi connectivity index (χ0) is 22.6. The van der Waals surface area contributed by atoms with E-state index < -0.39 is 5.92 Å². The third-order valence-electron chi connectivity index (χ3n) is 4.81. The van der Waals surface area contributed by atoms with Crippen molar-refractivity contribution >= 4 is 5.91 Å². The number of carbonyl (C=O) groups is 1. The predicted octanol–water partition coefficient (Wildman–Crippen LogP) is 3.41. The van der Waals surface area contributed by atoms with Crippen LogP contribution in [0.3, 0.4) is 0 Å². The van der Waals surface area contributed by atoms with E-state index >= 15 is 0 Å². The summed E-state index contributed by atoms with van der Waals surface area (Å²) in [6, 6.07) is 5.08. The Kier molecular flexibility index (Phi) is 6.57. The number of para-hydroxylation sites is 1. The van der Waals surface area contributed by atoms with Crippen LogP contribution in [-0.4, -0.2) is 55.0 Å². The maximum Gasteiger partial charge on any atom is 0.316 e. The number of aryl methyl sites for hydroxylation is 1. The van der Waals surface area contributed by atoms with Crippen LogP contribution in [-0.2, 0) is 5.92 Å². The molecule has 0 aliphatic rings. The average molecular weight is 430 g/mol. The lowest BCUT2D eigenvalue weighted by atomic mass is 10.1. The fraction of sp³-hybridized carbons (Fsp3) is 0.381. The number of amides is 1. The van der Waals surface area contributed by atoms with Crippen molar-refractivity contribution in [1.29, 1.82) is 0 Å². The summed E-state index contributed by atoms with van der Waals surface area (Å²) in [5.74, 6) is -3.22. The highest BCUT2D eigenvalue weighted by atomic mass is 19.3. The molecule has 164 valence electrons. The molecule has 3 aromatic rings. The second-order valence-electron chi connectivity index (χ2n) is 7.18. The Morgan fingerprint density at radius 1 is 1.23 bits per heavy atom. The van der Waals surface area contributed by atoms with Crippen LogP contribution < -0.4 is 4.74 Å². The molecule has 0 bridgehead atoms. The molecule has 0 fully saturated rings. The van der Waals surface area contributed by atoms with Crippen LogP contribution in [0.1, 0.15) is 42.3 Å². The van der Waals surface area contributed by atoms with Crippen molar-refractivity contribution in [3.63, 3.8) is 0 Å². The molecule has 0 saturated carbocycles. The number of carbonyl (C=O) groups excluding carboxylic acids is 1. The van der Waals surface area contributed by atoms with E-state index in [-0.39, 0.29) is 30.1 Å². The van der Waals surface area contributed by atoms with E-state index in [0.717, 1.165) is 24.9 Å². The van der Waals surface area contributed by atoms with Crippen LogP contribution in [0, 0.1) is 6.92 Å². The molecular formula is C21H24F2N6O2. The van der Waals surface area contributed by atoms with Gasteiger partial charge in [0.15, 0.2) is 0 Å². The SMILES string of the molecule is CCN(C(=O)c1cccc(C)c1-n1nccn1)[C@@H](C)COc1ncc(C(C)(F)F)cn1. The molecule has 8 nitrogen and oxygen atoms in total. The number of hydrogen-bond donors (Lipinski definition) is 0. The zero-order valence-corrected chi connectivity index (χ0v) is 17.8. The number of nitrogens with zero attached hydrogens (tertiary/aromatic N) is 6. The Hall–Kier alpha value is -3.43. The number of aromatic nitrogens is 5. The van der Waals surface area contributed by atoms with Crippen molar-refractivity contribution in [2.24, 2.45) is 0 Å². The summed E-state index contributed by atoms with van der Waals surface area (Å²) >= 11 is 0. The van der Waals surface area contributed by atoms with Crippen LogP contribution in [0.2, 0.25) is 0 Å². The monoisotopic (exact) mass is 430 g/mol. The summed E-state index contributed by atoms with van der Waals surface area (Å²) in [5.41, 5.74) is 1.65. The molecule has 0 unspecified atom stereocenters. The first-order valence-corrected chi connectivity index (χ1v) is 9.82.